The van der Waals surface area contributed by atoms with E-state index in [1.54, 1.807) is 0 Å². The first-order chi connectivity index (χ1) is 32.0. The van der Waals surface area contributed by atoms with E-state index in [0.29, 0.717) is 0 Å². The van der Waals surface area contributed by atoms with E-state index < -0.39 is 21.5 Å². The fourth-order valence-corrected chi connectivity index (χ4v) is 42.9. The Bertz CT molecular complexity index is 2940. The Labute approximate surface area is 401 Å². The van der Waals surface area contributed by atoms with E-state index in [4.69, 9.17) is 0 Å². The van der Waals surface area contributed by atoms with Gasteiger partial charge in [-0.1, -0.05) is 0 Å². The van der Waals surface area contributed by atoms with Gasteiger partial charge in [0, 0.05) is 0 Å². The Morgan fingerprint density at radius 1 is 0.364 bits per heavy atom. The van der Waals surface area contributed by atoms with Crippen LogP contribution in [0.1, 0.15) is 57.2 Å². The Balaban J connectivity index is 1.26. The Morgan fingerprint density at radius 3 is 0.955 bits per heavy atom. The number of hydrogen-bond donors (Lipinski definition) is 0. The summed E-state index contributed by atoms with van der Waals surface area (Å²) in [5.74, 6) is -1.41. The average molecular weight is 992 g/mol. The Morgan fingerprint density at radius 2 is 0.652 bits per heavy atom. The van der Waals surface area contributed by atoms with Crippen molar-refractivity contribution in [1.29, 1.82) is 0 Å². The quantitative estimate of drug-likeness (QED) is 0.113. The molecule has 0 aromatic heterocycles. The summed E-state index contributed by atoms with van der Waals surface area (Å²) < 4.78 is -0.119. The van der Waals surface area contributed by atoms with Gasteiger partial charge in [0.2, 0.25) is 0 Å². The van der Waals surface area contributed by atoms with Crippen LogP contribution in [0.15, 0.2) is 205 Å². The molecule has 0 N–H and O–H groups in total. The van der Waals surface area contributed by atoms with Gasteiger partial charge in [0.1, 0.15) is 0 Å². The standard InChI is InChI=1S/2C30H25.C2H7Si.2ClH.Zr/c2*1-21(2)25-19-24-17-18-27(23-13-7-4-8-14-23)30(29(24)20-25)28-16-10-9-15-26(28)22-11-5-3-6-12-22;1-3-2;;;/h2*3-21H,1-2H3;3H,1-2H3;2*1H;/q;;;;;+2/p-2. The second kappa shape index (κ2) is 17.9. The number of hydrogen-bond acceptors (Lipinski definition) is 0. The second-order valence-corrected chi connectivity index (χ2v) is 61.9. The molecule has 0 bridgehead atoms. The summed E-state index contributed by atoms with van der Waals surface area (Å²) in [7, 11) is 18.4. The normalized spacial score (nSPS) is 16.2. The van der Waals surface area contributed by atoms with Crippen molar-refractivity contribution < 1.29 is 15.6 Å². The van der Waals surface area contributed by atoms with E-state index in [1.165, 1.54) is 100 Å². The third-order valence-electron chi connectivity index (χ3n) is 14.7. The number of allylic oxidation sites excluding steroid dienone is 2. The molecule has 0 amide bonds. The van der Waals surface area contributed by atoms with Crippen molar-refractivity contribution in [3.05, 3.63) is 228 Å². The zero-order valence-electron chi connectivity index (χ0n) is 38.8. The van der Waals surface area contributed by atoms with E-state index in [2.05, 4.69) is 247 Å². The molecule has 0 aliphatic heterocycles. The number of halogens is 2. The van der Waals surface area contributed by atoms with Crippen molar-refractivity contribution >= 4 is 35.1 Å². The molecular formula is C62H57Cl2SiZr. The van der Waals surface area contributed by atoms with Gasteiger partial charge in [0.25, 0.3) is 0 Å². The molecule has 2 unspecified atom stereocenters. The fourth-order valence-electron chi connectivity index (χ4n) is 11.4. The van der Waals surface area contributed by atoms with E-state index in [0.717, 1.165) is 0 Å². The van der Waals surface area contributed by atoms with Crippen LogP contribution in [0, 0.1) is 11.8 Å². The van der Waals surface area contributed by atoms with Gasteiger partial charge in [-0.05, 0) is 0 Å². The van der Waals surface area contributed by atoms with Crippen LogP contribution in [0.25, 0.3) is 78.9 Å². The first-order valence-electron chi connectivity index (χ1n) is 23.7. The minimum absolute atomic E-state index is 0.0594. The van der Waals surface area contributed by atoms with Crippen molar-refractivity contribution in [3.63, 3.8) is 0 Å². The van der Waals surface area contributed by atoms with Gasteiger partial charge >= 0.3 is 405 Å². The van der Waals surface area contributed by atoms with Crippen molar-refractivity contribution in [2.45, 2.75) is 48.0 Å². The monoisotopic (exact) mass is 989 g/mol. The van der Waals surface area contributed by atoms with E-state index in [-0.39, 0.29) is 19.1 Å². The summed E-state index contributed by atoms with van der Waals surface area (Å²) in [5.41, 5.74) is 22.6. The first kappa shape index (κ1) is 44.7. The molecule has 66 heavy (non-hydrogen) atoms. The zero-order chi connectivity index (χ0) is 45.8. The Hall–Kier alpha value is -5.08. The molecular weight excluding hydrogens is 935 g/mol. The van der Waals surface area contributed by atoms with Gasteiger partial charge in [-0.2, -0.15) is 0 Å². The predicted molar refractivity (Wildman–Crippen MR) is 287 cm³/mol. The van der Waals surface area contributed by atoms with E-state index in [1.807, 2.05) is 0 Å². The molecule has 0 radical (unpaired) electrons. The van der Waals surface area contributed by atoms with Gasteiger partial charge in [-0.25, -0.2) is 0 Å². The maximum atomic E-state index is 9.20. The van der Waals surface area contributed by atoms with Gasteiger partial charge < -0.3 is 0 Å². The summed E-state index contributed by atoms with van der Waals surface area (Å²) >= 11 is -5.28. The summed E-state index contributed by atoms with van der Waals surface area (Å²) in [5, 5.41) is 0. The number of rotatable bonds is 11. The van der Waals surface area contributed by atoms with Gasteiger partial charge in [0.05, 0.1) is 0 Å². The third-order valence-corrected chi connectivity index (χ3v) is 66.4. The second-order valence-electron chi connectivity index (χ2n) is 19.4. The fraction of sp³-hybridized carbons (Fsp3) is 0.161. The van der Waals surface area contributed by atoms with Gasteiger partial charge in [-0.3, -0.25) is 0 Å². The summed E-state index contributed by atoms with van der Waals surface area (Å²) in [6.07, 6.45) is 5.08. The number of fused-ring (bicyclic) bond motifs is 2. The van der Waals surface area contributed by atoms with Crippen LogP contribution < -0.4 is 0 Å². The molecule has 8 aromatic rings. The van der Waals surface area contributed by atoms with Gasteiger partial charge in [0.15, 0.2) is 0 Å². The zero-order valence-corrected chi connectivity index (χ0v) is 43.9. The molecule has 0 heterocycles. The van der Waals surface area contributed by atoms with E-state index >= 15 is 0 Å². The van der Waals surface area contributed by atoms with Crippen LogP contribution in [0.5, 0.6) is 0 Å². The Kier molecular flexibility index (Phi) is 12.1. The molecule has 2 atom stereocenters. The topological polar surface area (TPSA) is 0 Å². The summed E-state index contributed by atoms with van der Waals surface area (Å²) in [6, 6.07) is 71.0. The molecule has 0 nitrogen and oxygen atoms in total. The molecule has 2 aliphatic rings. The van der Waals surface area contributed by atoms with Crippen molar-refractivity contribution in [2.75, 3.05) is 0 Å². The average Bonchev–Trinajstić information content (AvgIpc) is 3.97. The van der Waals surface area contributed by atoms with Crippen LogP contribution in [-0.2, 0) is 15.6 Å². The maximum absolute atomic E-state index is 9.20. The van der Waals surface area contributed by atoms with Crippen LogP contribution in [0.4, 0.5) is 0 Å². The predicted octanol–water partition coefficient (Wildman–Crippen LogP) is 18.6. The molecule has 0 saturated heterocycles. The third kappa shape index (κ3) is 7.45. The molecule has 10 rings (SSSR count). The summed E-state index contributed by atoms with van der Waals surface area (Å²) in [6.45, 7) is 14.4. The molecule has 8 aromatic carbocycles. The molecule has 4 heteroatoms. The SMILES string of the molecule is CC(C)C1=Cc2c(ccc(-c3ccccc3)c2-c2ccccc2-c2ccccc2)[CH]1[Zr]([Cl])([Cl])([CH]1C(C(C)C)=Cc2c1ccc(-c1ccccc1)c2-c1ccccc1-c1ccccc1)[SiH](C)C. The molecule has 0 fully saturated rings. The molecule has 2 aliphatic carbocycles. The molecule has 0 saturated carbocycles. The van der Waals surface area contributed by atoms with Gasteiger partial charge in [-0.15, -0.1) is 0 Å². The minimum atomic E-state index is -5.28. The number of benzene rings is 8. The van der Waals surface area contributed by atoms with Crippen molar-refractivity contribution in [1.82, 2.24) is 0 Å². The van der Waals surface area contributed by atoms with Crippen LogP contribution in [0.3, 0.4) is 0 Å². The van der Waals surface area contributed by atoms with Crippen LogP contribution in [0.2, 0.25) is 13.1 Å². The van der Waals surface area contributed by atoms with Crippen molar-refractivity contribution in [2.24, 2.45) is 11.8 Å². The van der Waals surface area contributed by atoms with Crippen LogP contribution >= 0.6 is 17.0 Å². The molecule has 327 valence electrons. The van der Waals surface area contributed by atoms with Crippen molar-refractivity contribution in [3.8, 4) is 66.8 Å². The summed E-state index contributed by atoms with van der Waals surface area (Å²) in [4.78, 5) is 0. The molecule has 0 spiro atoms. The first-order valence-corrected chi connectivity index (χ1v) is 40.0. The van der Waals surface area contributed by atoms with Crippen LogP contribution in [-0.4, -0.2) is 5.92 Å². The van der Waals surface area contributed by atoms with E-state index in [9.17, 15) is 17.0 Å².